The van der Waals surface area contributed by atoms with E-state index in [0.717, 1.165) is 37.8 Å². The van der Waals surface area contributed by atoms with Gasteiger partial charge in [0.05, 0.1) is 5.70 Å². The molecule has 0 aromatic rings. The molecule has 20 heavy (non-hydrogen) atoms. The highest BCUT2D eigenvalue weighted by atomic mass is 16.2. The zero-order chi connectivity index (χ0) is 14.7. The Balaban J connectivity index is 2.31. The SMILES string of the molecule is CCC/C=C1\C(=N)N(C2CCCC2)[C@H](CC)C(=O)N1C. The summed E-state index contributed by atoms with van der Waals surface area (Å²) in [5.41, 5.74) is 0.799. The molecular weight excluding hydrogens is 250 g/mol. The van der Waals surface area contributed by atoms with Crippen molar-refractivity contribution in [3.8, 4) is 0 Å². The molecule has 0 bridgehead atoms. The summed E-state index contributed by atoms with van der Waals surface area (Å²) >= 11 is 0. The molecule has 1 atom stereocenters. The summed E-state index contributed by atoms with van der Waals surface area (Å²) in [6.45, 7) is 4.17. The van der Waals surface area contributed by atoms with Crippen LogP contribution in [0.4, 0.5) is 0 Å². The largest absolute Gasteiger partial charge is 0.340 e. The minimum Gasteiger partial charge on any atom is -0.340 e. The number of rotatable bonds is 4. The maximum absolute atomic E-state index is 12.6. The molecule has 2 rings (SSSR count). The number of nitrogens with one attached hydrogen (secondary N) is 1. The first-order valence-corrected chi connectivity index (χ1v) is 7.96. The Hall–Kier alpha value is -1.32. The number of likely N-dealkylation sites (N-methyl/N-ethyl adjacent to an activating group) is 1. The topological polar surface area (TPSA) is 47.4 Å². The summed E-state index contributed by atoms with van der Waals surface area (Å²) in [7, 11) is 1.81. The van der Waals surface area contributed by atoms with Crippen LogP contribution >= 0.6 is 0 Å². The molecule has 0 aromatic heterocycles. The monoisotopic (exact) mass is 277 g/mol. The highest BCUT2D eigenvalue weighted by molar-refractivity contribution is 6.06. The van der Waals surface area contributed by atoms with E-state index in [4.69, 9.17) is 5.41 Å². The van der Waals surface area contributed by atoms with Crippen molar-refractivity contribution in [3.05, 3.63) is 11.8 Å². The van der Waals surface area contributed by atoms with Crippen LogP contribution in [0.1, 0.15) is 58.8 Å². The Morgan fingerprint density at radius 1 is 1.30 bits per heavy atom. The van der Waals surface area contributed by atoms with E-state index in [1.165, 1.54) is 12.8 Å². The van der Waals surface area contributed by atoms with E-state index < -0.39 is 0 Å². The molecule has 2 aliphatic rings. The van der Waals surface area contributed by atoms with Crippen LogP contribution in [0, 0.1) is 5.41 Å². The van der Waals surface area contributed by atoms with Crippen LogP contribution in [-0.2, 0) is 4.79 Å². The lowest BCUT2D eigenvalue weighted by Crippen LogP contribution is -2.59. The van der Waals surface area contributed by atoms with Gasteiger partial charge in [-0.1, -0.05) is 39.2 Å². The van der Waals surface area contributed by atoms with Gasteiger partial charge in [-0.3, -0.25) is 10.2 Å². The van der Waals surface area contributed by atoms with Gasteiger partial charge in [0.25, 0.3) is 0 Å². The molecule has 1 saturated heterocycles. The van der Waals surface area contributed by atoms with Crippen molar-refractivity contribution in [2.24, 2.45) is 0 Å². The number of nitrogens with zero attached hydrogens (tertiary/aromatic N) is 2. The molecule has 1 aliphatic heterocycles. The minimum atomic E-state index is -0.144. The Morgan fingerprint density at radius 3 is 2.50 bits per heavy atom. The number of unbranched alkanes of at least 4 members (excludes halogenated alkanes) is 1. The van der Waals surface area contributed by atoms with Crippen LogP contribution in [0.25, 0.3) is 0 Å². The number of piperazine rings is 1. The van der Waals surface area contributed by atoms with Gasteiger partial charge in [-0.25, -0.2) is 0 Å². The van der Waals surface area contributed by atoms with Gasteiger partial charge in [0.1, 0.15) is 11.9 Å². The van der Waals surface area contributed by atoms with Gasteiger partial charge in [-0.05, 0) is 25.7 Å². The van der Waals surface area contributed by atoms with Crippen LogP contribution < -0.4 is 0 Å². The molecule has 1 aliphatic carbocycles. The van der Waals surface area contributed by atoms with E-state index in [-0.39, 0.29) is 11.9 Å². The van der Waals surface area contributed by atoms with Crippen molar-refractivity contribution in [1.29, 1.82) is 5.41 Å². The normalized spacial score (nSPS) is 26.9. The van der Waals surface area contributed by atoms with Gasteiger partial charge < -0.3 is 9.80 Å². The van der Waals surface area contributed by atoms with Gasteiger partial charge in [0.2, 0.25) is 5.91 Å². The Kier molecular flexibility index (Phi) is 4.84. The van der Waals surface area contributed by atoms with E-state index in [2.05, 4.69) is 11.8 Å². The maximum Gasteiger partial charge on any atom is 0.249 e. The fourth-order valence-electron chi connectivity index (χ4n) is 3.41. The zero-order valence-corrected chi connectivity index (χ0v) is 13.0. The van der Waals surface area contributed by atoms with E-state index in [1.54, 1.807) is 4.90 Å². The maximum atomic E-state index is 12.6. The van der Waals surface area contributed by atoms with E-state index in [0.29, 0.717) is 11.9 Å². The number of carbonyl (C=O) groups excluding carboxylic acids is 1. The molecule has 0 spiro atoms. The fourth-order valence-corrected chi connectivity index (χ4v) is 3.41. The molecule has 2 fully saturated rings. The van der Waals surface area contributed by atoms with Crippen LogP contribution in [-0.4, -0.2) is 40.7 Å². The standard InChI is InChI=1S/C16H27N3O/c1-4-6-11-14-15(17)19(12-9-7-8-10-12)13(5-2)16(20)18(14)3/h11-13,17H,4-10H2,1-3H3/b14-11+,17-15?/t13-/m1/s1. The second-order valence-corrected chi connectivity index (χ2v) is 5.89. The van der Waals surface area contributed by atoms with Gasteiger partial charge in [-0.15, -0.1) is 0 Å². The molecular formula is C16H27N3O. The van der Waals surface area contributed by atoms with Crippen molar-refractivity contribution in [2.75, 3.05) is 7.05 Å². The third-order valence-electron chi connectivity index (χ3n) is 4.54. The molecule has 4 nitrogen and oxygen atoms in total. The number of allylic oxidation sites excluding steroid dienone is 1. The number of hydrogen-bond acceptors (Lipinski definition) is 2. The molecule has 0 aromatic carbocycles. The summed E-state index contributed by atoms with van der Waals surface area (Å²) in [5, 5.41) is 8.56. The summed E-state index contributed by atoms with van der Waals surface area (Å²) < 4.78 is 0. The fraction of sp³-hybridized carbons (Fsp3) is 0.750. The lowest BCUT2D eigenvalue weighted by atomic mass is 10.0. The Labute approximate surface area is 122 Å². The van der Waals surface area contributed by atoms with Crippen molar-refractivity contribution in [3.63, 3.8) is 0 Å². The van der Waals surface area contributed by atoms with E-state index >= 15 is 0 Å². The second-order valence-electron chi connectivity index (χ2n) is 5.89. The lowest BCUT2D eigenvalue weighted by Gasteiger charge is -2.45. The van der Waals surface area contributed by atoms with Gasteiger partial charge in [0, 0.05) is 13.1 Å². The molecule has 1 saturated carbocycles. The van der Waals surface area contributed by atoms with Gasteiger partial charge >= 0.3 is 0 Å². The van der Waals surface area contributed by atoms with Crippen molar-refractivity contribution >= 4 is 11.7 Å². The van der Waals surface area contributed by atoms with Crippen LogP contribution in [0.3, 0.4) is 0 Å². The average molecular weight is 277 g/mol. The smallest absolute Gasteiger partial charge is 0.249 e. The number of carbonyl (C=O) groups is 1. The Morgan fingerprint density at radius 2 is 1.95 bits per heavy atom. The highest BCUT2D eigenvalue weighted by Crippen LogP contribution is 2.31. The van der Waals surface area contributed by atoms with Crippen LogP contribution in [0.5, 0.6) is 0 Å². The second kappa shape index (κ2) is 6.42. The third kappa shape index (κ3) is 2.60. The number of amidine groups is 1. The first-order valence-electron chi connectivity index (χ1n) is 7.96. The molecule has 0 unspecified atom stereocenters. The first-order chi connectivity index (χ1) is 9.61. The van der Waals surface area contributed by atoms with Crippen LogP contribution in [0.2, 0.25) is 0 Å². The third-order valence-corrected chi connectivity index (χ3v) is 4.54. The number of hydrogen-bond donors (Lipinski definition) is 1. The molecule has 0 radical (unpaired) electrons. The van der Waals surface area contributed by atoms with Crippen molar-refractivity contribution in [2.45, 2.75) is 70.9 Å². The van der Waals surface area contributed by atoms with E-state index in [9.17, 15) is 4.79 Å². The summed E-state index contributed by atoms with van der Waals surface area (Å²) in [6, 6.07) is 0.240. The quantitative estimate of drug-likeness (QED) is 0.858. The van der Waals surface area contributed by atoms with Crippen LogP contribution in [0.15, 0.2) is 11.8 Å². The minimum absolute atomic E-state index is 0.144. The Bertz CT molecular complexity index is 410. The summed E-state index contributed by atoms with van der Waals surface area (Å²) in [6.07, 6.45) is 9.49. The van der Waals surface area contributed by atoms with Crippen molar-refractivity contribution < 1.29 is 4.79 Å². The molecule has 4 heteroatoms. The molecule has 1 N–H and O–H groups in total. The van der Waals surface area contributed by atoms with E-state index in [1.807, 2.05) is 20.0 Å². The van der Waals surface area contributed by atoms with Gasteiger partial charge in [0.15, 0.2) is 0 Å². The van der Waals surface area contributed by atoms with Crippen molar-refractivity contribution in [1.82, 2.24) is 9.80 Å². The zero-order valence-electron chi connectivity index (χ0n) is 13.0. The molecule has 1 heterocycles. The summed E-state index contributed by atoms with van der Waals surface area (Å²) in [5.74, 6) is 0.706. The summed E-state index contributed by atoms with van der Waals surface area (Å²) in [4.78, 5) is 16.4. The lowest BCUT2D eigenvalue weighted by molar-refractivity contribution is -0.134. The predicted octanol–water partition coefficient (Wildman–Crippen LogP) is 3.14. The molecule has 1 amide bonds. The highest BCUT2D eigenvalue weighted by Gasteiger charge is 2.41. The van der Waals surface area contributed by atoms with Gasteiger partial charge in [-0.2, -0.15) is 0 Å². The molecule has 112 valence electrons. The number of amides is 1. The first kappa shape index (κ1) is 15.1. The average Bonchev–Trinajstić information content (AvgIpc) is 2.96. The predicted molar refractivity (Wildman–Crippen MR) is 81.7 cm³/mol.